The lowest BCUT2D eigenvalue weighted by molar-refractivity contribution is -0.904. The summed E-state index contributed by atoms with van der Waals surface area (Å²) < 4.78 is 48.9. The van der Waals surface area contributed by atoms with E-state index >= 15 is 0 Å². The number of halogens is 3. The average molecular weight is 508 g/mol. The smallest absolute Gasteiger partial charge is 0.387 e. The van der Waals surface area contributed by atoms with E-state index in [4.69, 9.17) is 20.0 Å². The van der Waals surface area contributed by atoms with Crippen molar-refractivity contribution < 1.29 is 36.7 Å². The third kappa shape index (κ3) is 7.19. The number of carbonyl (C=O) groups is 1. The van der Waals surface area contributed by atoms with Gasteiger partial charge in [-0.1, -0.05) is 31.4 Å². The normalized spacial score (nSPS) is 17.8. The van der Waals surface area contributed by atoms with Gasteiger partial charge in [0.25, 0.3) is 5.91 Å². The van der Waals surface area contributed by atoms with Crippen molar-refractivity contribution in [2.24, 2.45) is 11.8 Å². The van der Waals surface area contributed by atoms with Crippen molar-refractivity contribution in [1.82, 2.24) is 15.1 Å². The Morgan fingerprint density at radius 3 is 2.61 bits per heavy atom. The van der Waals surface area contributed by atoms with Crippen LogP contribution in [0.25, 0.3) is 11.3 Å². The van der Waals surface area contributed by atoms with Crippen molar-refractivity contribution in [1.29, 1.82) is 0 Å². The van der Waals surface area contributed by atoms with Gasteiger partial charge < -0.3 is 10.1 Å². The first kappa shape index (κ1) is 26.7. The van der Waals surface area contributed by atoms with Gasteiger partial charge in [-0.2, -0.15) is 22.3 Å². The molecule has 1 fully saturated rings. The highest BCUT2D eigenvalue weighted by Gasteiger charge is 2.28. The summed E-state index contributed by atoms with van der Waals surface area (Å²) in [6.45, 7) is 1.83. The number of rotatable bonds is 7. The van der Waals surface area contributed by atoms with Crippen molar-refractivity contribution >= 4 is 29.1 Å². The summed E-state index contributed by atoms with van der Waals surface area (Å²) >= 11 is 5.71. The van der Waals surface area contributed by atoms with Gasteiger partial charge in [-0.25, -0.2) is 0 Å². The van der Waals surface area contributed by atoms with E-state index in [1.165, 1.54) is 16.9 Å². The van der Waals surface area contributed by atoms with E-state index in [9.17, 15) is 18.8 Å². The predicted octanol–water partition coefficient (Wildman–Crippen LogP) is 3.24. The average Bonchev–Trinajstić information content (AvgIpc) is 3.11. The Hall–Kier alpha value is -2.60. The molecule has 0 spiro atoms. The Morgan fingerprint density at radius 2 is 2.03 bits per heavy atom. The van der Waals surface area contributed by atoms with Gasteiger partial charge in [0.1, 0.15) is 11.3 Å². The fourth-order valence-electron chi connectivity index (χ4n) is 3.77. The van der Waals surface area contributed by atoms with Gasteiger partial charge in [0.15, 0.2) is 5.69 Å². The number of hydrogen-bond acceptors (Lipinski definition) is 6. The highest BCUT2D eigenvalue weighted by atomic mass is 35.5. The summed E-state index contributed by atoms with van der Waals surface area (Å²) in [6, 6.07) is 1.19. The fourth-order valence-corrected chi connectivity index (χ4v) is 4.10. The second kappa shape index (κ2) is 12.6. The SMILES string of the molecule is CCn1nc(C(=O)NCC2CCC(C)CC2)c(Cl)c1-c1c[n+](O)ccc1OC(F)F.O=S=O. The van der Waals surface area contributed by atoms with Gasteiger partial charge in [0.2, 0.25) is 12.4 Å². The quantitative estimate of drug-likeness (QED) is 0.439. The molecule has 0 atom stereocenters. The van der Waals surface area contributed by atoms with Gasteiger partial charge >= 0.3 is 18.2 Å². The van der Waals surface area contributed by atoms with Crippen LogP contribution in [0.15, 0.2) is 18.5 Å². The van der Waals surface area contributed by atoms with E-state index in [-0.39, 0.29) is 27.7 Å². The molecule has 33 heavy (non-hydrogen) atoms. The molecule has 0 radical (unpaired) electrons. The topological polar surface area (TPSA) is 114 Å². The molecular formula is C20H26ClF2N4O5S+. The monoisotopic (exact) mass is 507 g/mol. The summed E-state index contributed by atoms with van der Waals surface area (Å²) in [5, 5.41) is 16.9. The molecule has 2 heterocycles. The maximum Gasteiger partial charge on any atom is 0.387 e. The summed E-state index contributed by atoms with van der Waals surface area (Å²) in [5.41, 5.74) is 0.323. The van der Waals surface area contributed by atoms with E-state index in [0.29, 0.717) is 23.7 Å². The molecule has 0 saturated heterocycles. The second-order valence-corrected chi connectivity index (χ2v) is 8.23. The lowest BCUT2D eigenvalue weighted by Gasteiger charge is -2.26. The Labute approximate surface area is 198 Å². The molecule has 1 aliphatic rings. The first-order valence-electron chi connectivity index (χ1n) is 10.4. The molecular weight excluding hydrogens is 482 g/mol. The van der Waals surface area contributed by atoms with Crippen LogP contribution in [-0.2, 0) is 18.1 Å². The fraction of sp³-hybridized carbons (Fsp3) is 0.550. The van der Waals surface area contributed by atoms with Crippen LogP contribution in [0.3, 0.4) is 0 Å². The lowest BCUT2D eigenvalue weighted by Crippen LogP contribution is -2.31. The number of nitrogens with one attached hydrogen (secondary N) is 1. The number of alkyl halides is 2. The van der Waals surface area contributed by atoms with Crippen molar-refractivity contribution in [3.8, 4) is 17.0 Å². The maximum absolute atomic E-state index is 12.8. The number of aryl methyl sites for hydroxylation is 1. The van der Waals surface area contributed by atoms with Crippen molar-refractivity contribution in [3.05, 3.63) is 29.2 Å². The molecule has 1 amide bonds. The number of pyridine rings is 1. The molecule has 2 aromatic rings. The van der Waals surface area contributed by atoms with Gasteiger partial charge in [-0.3, -0.25) is 14.7 Å². The van der Waals surface area contributed by atoms with Gasteiger partial charge in [-0.05, 0) is 31.6 Å². The first-order valence-corrected chi connectivity index (χ1v) is 11.4. The van der Waals surface area contributed by atoms with E-state index in [0.717, 1.165) is 37.8 Å². The van der Waals surface area contributed by atoms with Crippen LogP contribution in [-0.4, -0.2) is 42.5 Å². The molecule has 1 aliphatic carbocycles. The molecule has 2 aromatic heterocycles. The van der Waals surface area contributed by atoms with E-state index in [1.807, 2.05) is 0 Å². The van der Waals surface area contributed by atoms with Crippen LogP contribution >= 0.6 is 11.6 Å². The van der Waals surface area contributed by atoms with Crippen LogP contribution < -0.4 is 14.8 Å². The van der Waals surface area contributed by atoms with Crippen molar-refractivity contribution in [3.63, 3.8) is 0 Å². The van der Waals surface area contributed by atoms with E-state index < -0.39 is 24.1 Å². The number of aromatic nitrogens is 3. The maximum atomic E-state index is 12.8. The zero-order chi connectivity index (χ0) is 24.5. The largest absolute Gasteiger partial charge is 0.434 e. The van der Waals surface area contributed by atoms with Crippen molar-refractivity contribution in [2.45, 2.75) is 52.7 Å². The van der Waals surface area contributed by atoms with Crippen LogP contribution in [0.2, 0.25) is 5.02 Å². The second-order valence-electron chi connectivity index (χ2n) is 7.71. The lowest BCUT2D eigenvalue weighted by atomic mass is 9.83. The molecule has 1 saturated carbocycles. The van der Waals surface area contributed by atoms with Crippen LogP contribution in [0.4, 0.5) is 8.78 Å². The summed E-state index contributed by atoms with van der Waals surface area (Å²) in [5.74, 6) is 0.537. The molecule has 0 aromatic carbocycles. The Balaban J connectivity index is 0.00000122. The molecule has 0 bridgehead atoms. The zero-order valence-electron chi connectivity index (χ0n) is 18.2. The number of ether oxygens (including phenoxy) is 1. The van der Waals surface area contributed by atoms with E-state index in [1.54, 1.807) is 6.92 Å². The standard InChI is InChI=1S/C20H25ClF2N4O3.O2S/c1-3-27-18(14-11-26(29)9-8-15(14)30-20(22)23)16(21)17(25-27)19(28)24-10-13-6-4-12(2)5-7-13;1-3-2/h8-9,11-13,20H,3-7,10H2,1-2H3,(H-,24,28,29);/p+1. The highest BCUT2D eigenvalue weighted by molar-refractivity contribution is 7.51. The third-order valence-electron chi connectivity index (χ3n) is 5.47. The van der Waals surface area contributed by atoms with Gasteiger partial charge in [0.05, 0.1) is 16.8 Å². The molecule has 0 unspecified atom stereocenters. The number of carbonyl (C=O) groups excluding carboxylic acids is 1. The molecule has 9 nitrogen and oxygen atoms in total. The Bertz CT molecular complexity index is 993. The Morgan fingerprint density at radius 1 is 1.39 bits per heavy atom. The first-order chi connectivity index (χ1) is 15.7. The van der Waals surface area contributed by atoms with Crippen LogP contribution in [0.1, 0.15) is 50.0 Å². The minimum Gasteiger partial charge on any atom is -0.434 e. The highest BCUT2D eigenvalue weighted by Crippen LogP contribution is 2.36. The predicted molar refractivity (Wildman–Crippen MR) is 115 cm³/mol. The molecule has 182 valence electrons. The van der Waals surface area contributed by atoms with Crippen molar-refractivity contribution in [2.75, 3.05) is 6.54 Å². The zero-order valence-corrected chi connectivity index (χ0v) is 19.7. The number of amides is 1. The van der Waals surface area contributed by atoms with Crippen LogP contribution in [0.5, 0.6) is 5.75 Å². The third-order valence-corrected chi connectivity index (χ3v) is 5.83. The van der Waals surface area contributed by atoms with Gasteiger partial charge in [-0.15, -0.1) is 0 Å². The molecule has 0 aliphatic heterocycles. The molecule has 2 N–H and O–H groups in total. The minimum absolute atomic E-state index is 0.00836. The van der Waals surface area contributed by atoms with Crippen LogP contribution in [0, 0.1) is 11.8 Å². The Kier molecular flexibility index (Phi) is 10.2. The summed E-state index contributed by atoms with van der Waals surface area (Å²) in [4.78, 5) is 12.7. The van der Waals surface area contributed by atoms with Gasteiger partial charge in [0, 0.05) is 17.8 Å². The van der Waals surface area contributed by atoms with E-state index in [2.05, 4.69) is 22.1 Å². The molecule has 3 rings (SSSR count). The number of nitrogens with zero attached hydrogens (tertiary/aromatic N) is 3. The summed E-state index contributed by atoms with van der Waals surface area (Å²) in [6.07, 6.45) is 6.77. The minimum atomic E-state index is -3.06. The number of hydrogen-bond donors (Lipinski definition) is 2. The summed E-state index contributed by atoms with van der Waals surface area (Å²) in [7, 11) is 0. The molecule has 13 heteroatoms.